The quantitative estimate of drug-likeness (QED) is 0.752. The molecule has 0 saturated heterocycles. The van der Waals surface area contributed by atoms with Crippen molar-refractivity contribution in [1.82, 2.24) is 9.88 Å². The first-order chi connectivity index (χ1) is 8.11. The van der Waals surface area contributed by atoms with Crippen molar-refractivity contribution >= 4 is 11.9 Å². The van der Waals surface area contributed by atoms with Crippen molar-refractivity contribution in [3.63, 3.8) is 0 Å². The highest BCUT2D eigenvalue weighted by Crippen LogP contribution is 1.99. The van der Waals surface area contributed by atoms with Crippen LogP contribution in [-0.4, -0.2) is 23.1 Å². The van der Waals surface area contributed by atoms with Crippen molar-refractivity contribution in [3.05, 3.63) is 24.0 Å². The fourth-order valence-electron chi connectivity index (χ4n) is 1.40. The van der Waals surface area contributed by atoms with Crippen molar-refractivity contribution in [2.24, 2.45) is 7.05 Å². The van der Waals surface area contributed by atoms with Crippen molar-refractivity contribution in [2.45, 2.75) is 26.3 Å². The summed E-state index contributed by atoms with van der Waals surface area (Å²) in [5.74, 6) is -0.468. The third kappa shape index (κ3) is 5.19. The minimum Gasteiger partial charge on any atom is -0.466 e. The number of esters is 1. The summed E-state index contributed by atoms with van der Waals surface area (Å²) in [7, 11) is 1.92. The molecule has 1 amide bonds. The molecular weight excluding hydrogens is 220 g/mol. The molecule has 0 aromatic carbocycles. The van der Waals surface area contributed by atoms with E-state index < -0.39 is 0 Å². The lowest BCUT2D eigenvalue weighted by Gasteiger charge is -2.03. The van der Waals surface area contributed by atoms with Crippen LogP contribution in [0.25, 0.3) is 0 Å². The third-order valence-corrected chi connectivity index (χ3v) is 2.24. The van der Waals surface area contributed by atoms with E-state index in [0.717, 1.165) is 5.56 Å². The normalized spacial score (nSPS) is 10.0. The number of hydrogen-bond donors (Lipinski definition) is 1. The molecule has 0 aliphatic heterocycles. The summed E-state index contributed by atoms with van der Waals surface area (Å²) in [4.78, 5) is 22.4. The van der Waals surface area contributed by atoms with Crippen molar-refractivity contribution in [2.75, 3.05) is 6.61 Å². The molecule has 5 nitrogen and oxygen atoms in total. The smallest absolute Gasteiger partial charge is 0.306 e. The highest BCUT2D eigenvalue weighted by atomic mass is 16.5. The minimum atomic E-state index is -0.331. The SMILES string of the molecule is CCOC(=O)CCC(=O)NCc1ccn(C)c1. The van der Waals surface area contributed by atoms with Crippen molar-refractivity contribution in [3.8, 4) is 0 Å². The molecule has 0 bridgehead atoms. The zero-order valence-corrected chi connectivity index (χ0v) is 10.2. The van der Waals surface area contributed by atoms with Crippen LogP contribution in [0.15, 0.2) is 18.5 Å². The minimum absolute atomic E-state index is 0.133. The van der Waals surface area contributed by atoms with Gasteiger partial charge in [-0.25, -0.2) is 0 Å². The predicted molar refractivity (Wildman–Crippen MR) is 63.1 cm³/mol. The maximum absolute atomic E-state index is 11.4. The van der Waals surface area contributed by atoms with Gasteiger partial charge in [-0.15, -0.1) is 0 Å². The second-order valence-electron chi connectivity index (χ2n) is 3.77. The van der Waals surface area contributed by atoms with Gasteiger partial charge in [0.1, 0.15) is 0 Å². The topological polar surface area (TPSA) is 60.3 Å². The molecule has 0 unspecified atom stereocenters. The van der Waals surface area contributed by atoms with Gasteiger partial charge < -0.3 is 14.6 Å². The van der Waals surface area contributed by atoms with Crippen LogP contribution >= 0.6 is 0 Å². The number of aromatic nitrogens is 1. The summed E-state index contributed by atoms with van der Waals surface area (Å²) in [6.07, 6.45) is 4.16. The number of aryl methyl sites for hydroxylation is 1. The molecule has 1 aromatic rings. The Morgan fingerprint density at radius 1 is 1.41 bits per heavy atom. The lowest BCUT2D eigenvalue weighted by Crippen LogP contribution is -2.23. The van der Waals surface area contributed by atoms with E-state index in [-0.39, 0.29) is 24.7 Å². The third-order valence-electron chi connectivity index (χ3n) is 2.24. The second kappa shape index (κ2) is 6.73. The average Bonchev–Trinajstić information content (AvgIpc) is 2.70. The fourth-order valence-corrected chi connectivity index (χ4v) is 1.40. The van der Waals surface area contributed by atoms with Crippen molar-refractivity contribution < 1.29 is 14.3 Å². The van der Waals surface area contributed by atoms with Crippen LogP contribution < -0.4 is 5.32 Å². The van der Waals surface area contributed by atoms with Crippen LogP contribution in [-0.2, 0) is 27.9 Å². The number of hydrogen-bond acceptors (Lipinski definition) is 3. The highest BCUT2D eigenvalue weighted by Gasteiger charge is 2.07. The molecule has 1 rings (SSSR count). The number of carbonyl (C=O) groups is 2. The molecule has 94 valence electrons. The van der Waals surface area contributed by atoms with Gasteiger partial charge >= 0.3 is 5.97 Å². The number of carbonyl (C=O) groups excluding carboxylic acids is 2. The molecule has 17 heavy (non-hydrogen) atoms. The molecule has 0 fully saturated rings. The number of nitrogens with one attached hydrogen (secondary N) is 1. The van der Waals surface area contributed by atoms with Crippen LogP contribution in [0.2, 0.25) is 0 Å². The molecule has 0 radical (unpaired) electrons. The lowest BCUT2D eigenvalue weighted by atomic mass is 10.3. The van der Waals surface area contributed by atoms with E-state index in [4.69, 9.17) is 4.74 Å². The Hall–Kier alpha value is -1.78. The van der Waals surface area contributed by atoms with Gasteiger partial charge in [-0.05, 0) is 18.6 Å². The second-order valence-corrected chi connectivity index (χ2v) is 3.77. The van der Waals surface area contributed by atoms with E-state index in [1.54, 1.807) is 6.92 Å². The van der Waals surface area contributed by atoms with Gasteiger partial charge in [0.25, 0.3) is 0 Å². The first-order valence-corrected chi connectivity index (χ1v) is 5.65. The van der Waals surface area contributed by atoms with Gasteiger partial charge in [-0.2, -0.15) is 0 Å². The molecule has 1 heterocycles. The maximum atomic E-state index is 11.4. The highest BCUT2D eigenvalue weighted by molar-refractivity contribution is 5.81. The fraction of sp³-hybridized carbons (Fsp3) is 0.500. The van der Waals surface area contributed by atoms with E-state index in [9.17, 15) is 9.59 Å². The van der Waals surface area contributed by atoms with E-state index in [2.05, 4.69) is 5.32 Å². The van der Waals surface area contributed by atoms with E-state index in [1.807, 2.05) is 30.1 Å². The summed E-state index contributed by atoms with van der Waals surface area (Å²) in [5, 5.41) is 2.75. The van der Waals surface area contributed by atoms with Crippen LogP contribution in [0.5, 0.6) is 0 Å². The first-order valence-electron chi connectivity index (χ1n) is 5.65. The van der Waals surface area contributed by atoms with E-state index >= 15 is 0 Å². The Labute approximate surface area is 101 Å². The van der Waals surface area contributed by atoms with Crippen LogP contribution in [0.3, 0.4) is 0 Å². The van der Waals surface area contributed by atoms with Gasteiger partial charge in [-0.1, -0.05) is 0 Å². The largest absolute Gasteiger partial charge is 0.466 e. The molecule has 0 aliphatic carbocycles. The molecule has 1 N–H and O–H groups in total. The van der Waals surface area contributed by atoms with Gasteiger partial charge in [0.2, 0.25) is 5.91 Å². The van der Waals surface area contributed by atoms with Crippen LogP contribution in [0.4, 0.5) is 0 Å². The van der Waals surface area contributed by atoms with Gasteiger partial charge in [-0.3, -0.25) is 9.59 Å². The number of nitrogens with zero attached hydrogens (tertiary/aromatic N) is 1. The predicted octanol–water partition coefficient (Wildman–Crippen LogP) is 0.985. The van der Waals surface area contributed by atoms with E-state index in [1.165, 1.54) is 0 Å². The van der Waals surface area contributed by atoms with Crippen LogP contribution in [0, 0.1) is 0 Å². The zero-order chi connectivity index (χ0) is 12.7. The average molecular weight is 238 g/mol. The Kier molecular flexibility index (Phi) is 5.26. The molecule has 0 aliphatic rings. The van der Waals surface area contributed by atoms with Gasteiger partial charge in [0.15, 0.2) is 0 Å². The van der Waals surface area contributed by atoms with Gasteiger partial charge in [0, 0.05) is 32.4 Å². The molecular formula is C12H18N2O3. The summed E-state index contributed by atoms with van der Waals surface area (Å²) in [6, 6.07) is 1.94. The monoisotopic (exact) mass is 238 g/mol. The number of amides is 1. The Morgan fingerprint density at radius 2 is 2.18 bits per heavy atom. The molecule has 5 heteroatoms. The maximum Gasteiger partial charge on any atom is 0.306 e. The lowest BCUT2D eigenvalue weighted by molar-refractivity contribution is -0.144. The van der Waals surface area contributed by atoms with Crippen molar-refractivity contribution in [1.29, 1.82) is 0 Å². The summed E-state index contributed by atoms with van der Waals surface area (Å²) in [5.41, 5.74) is 1.04. The van der Waals surface area contributed by atoms with E-state index in [0.29, 0.717) is 13.2 Å². The summed E-state index contributed by atoms with van der Waals surface area (Å²) >= 11 is 0. The van der Waals surface area contributed by atoms with Crippen LogP contribution in [0.1, 0.15) is 25.3 Å². The number of rotatable bonds is 6. The summed E-state index contributed by atoms with van der Waals surface area (Å²) in [6.45, 7) is 2.58. The molecule has 1 aromatic heterocycles. The molecule has 0 spiro atoms. The standard InChI is InChI=1S/C12H18N2O3/c1-3-17-12(16)5-4-11(15)13-8-10-6-7-14(2)9-10/h6-7,9H,3-5,8H2,1-2H3,(H,13,15). The Bertz CT molecular complexity index is 385. The Balaban J connectivity index is 2.19. The molecule has 0 saturated carbocycles. The number of ether oxygens (including phenoxy) is 1. The first kappa shape index (κ1) is 13.3. The van der Waals surface area contributed by atoms with Gasteiger partial charge in [0.05, 0.1) is 13.0 Å². The molecule has 0 atom stereocenters. The zero-order valence-electron chi connectivity index (χ0n) is 10.2. The summed E-state index contributed by atoms with van der Waals surface area (Å²) < 4.78 is 6.65. The Morgan fingerprint density at radius 3 is 2.76 bits per heavy atom.